The smallest absolute Gasteiger partial charge is 0.255 e. The van der Waals surface area contributed by atoms with Gasteiger partial charge in [-0.1, -0.05) is 34.4 Å². The molecule has 0 bridgehead atoms. The van der Waals surface area contributed by atoms with E-state index < -0.39 is 11.6 Å². The van der Waals surface area contributed by atoms with Gasteiger partial charge in [0.15, 0.2) is 0 Å². The summed E-state index contributed by atoms with van der Waals surface area (Å²) in [5, 5.41) is 4.90. The number of rotatable bonds is 7. The van der Waals surface area contributed by atoms with Gasteiger partial charge < -0.3 is 9.74 Å². The molecule has 0 unspecified atom stereocenters. The lowest BCUT2D eigenvalue weighted by Gasteiger charge is -2.30. The van der Waals surface area contributed by atoms with E-state index in [0.717, 1.165) is 50.5 Å². The van der Waals surface area contributed by atoms with Gasteiger partial charge in [-0.3, -0.25) is 9.36 Å². The average Bonchev–Trinajstić information content (AvgIpc) is 3.67. The number of nitrogens with zero attached hydrogens (tertiary/aromatic N) is 3. The van der Waals surface area contributed by atoms with E-state index in [4.69, 9.17) is 28.0 Å². The zero-order valence-electron chi connectivity index (χ0n) is 19.5. The third-order valence-electron chi connectivity index (χ3n) is 6.59. The van der Waals surface area contributed by atoms with Crippen LogP contribution in [0.3, 0.4) is 0 Å². The number of hydrogen-bond acceptors (Lipinski definition) is 4. The number of benzene rings is 2. The van der Waals surface area contributed by atoms with Crippen LogP contribution in [0.15, 0.2) is 64.7 Å². The van der Waals surface area contributed by atoms with Gasteiger partial charge in [0.2, 0.25) is 0 Å². The van der Waals surface area contributed by atoms with Crippen LogP contribution in [0.4, 0.5) is 8.78 Å². The lowest BCUT2D eigenvalue weighted by Crippen LogP contribution is -2.37. The summed E-state index contributed by atoms with van der Waals surface area (Å²) in [6.45, 7) is 2.98. The molecule has 1 aliphatic heterocycles. The van der Waals surface area contributed by atoms with Crippen LogP contribution in [0.5, 0.6) is 0 Å². The minimum absolute atomic E-state index is 0.0537. The summed E-state index contributed by atoms with van der Waals surface area (Å²) >= 11 is 12.7. The summed E-state index contributed by atoms with van der Waals surface area (Å²) in [7, 11) is 0. The lowest BCUT2D eigenvalue weighted by molar-refractivity contribution is 0.0101. The molecule has 3 aromatic rings. The minimum atomic E-state index is -0.787. The number of piperidine rings is 1. The molecule has 2 fully saturated rings. The van der Waals surface area contributed by atoms with Crippen LogP contribution >= 0.6 is 23.2 Å². The van der Waals surface area contributed by atoms with Crippen molar-refractivity contribution in [1.29, 1.82) is 0 Å². The summed E-state index contributed by atoms with van der Waals surface area (Å²) in [6.07, 6.45) is 5.61. The Hall–Kier alpha value is -2.74. The molecule has 0 amide bonds. The molecule has 0 radical (unpaired) electrons. The van der Waals surface area contributed by atoms with Crippen LogP contribution in [-0.2, 0) is 4.84 Å². The van der Waals surface area contributed by atoms with Gasteiger partial charge in [-0.2, -0.15) is 0 Å². The number of halogens is 4. The second-order valence-corrected chi connectivity index (χ2v) is 10.1. The zero-order chi connectivity index (χ0) is 25.2. The molecule has 1 saturated carbocycles. The summed E-state index contributed by atoms with van der Waals surface area (Å²) in [4.78, 5) is 21.1. The first-order valence-corrected chi connectivity index (χ1v) is 12.7. The Labute approximate surface area is 217 Å². The van der Waals surface area contributed by atoms with Crippen molar-refractivity contribution in [3.05, 3.63) is 97.9 Å². The first-order valence-electron chi connectivity index (χ1n) is 12.0. The molecular weight excluding hydrogens is 507 g/mol. The average molecular weight is 532 g/mol. The normalized spacial score (nSPS) is 17.4. The number of pyridine rings is 1. The molecule has 0 atom stereocenters. The molecule has 0 spiro atoms. The number of hydrogen-bond donors (Lipinski definition) is 0. The third kappa shape index (κ3) is 5.64. The number of likely N-dealkylation sites (tertiary alicyclic amines) is 1. The quantitative estimate of drug-likeness (QED) is 0.274. The van der Waals surface area contributed by atoms with Crippen molar-refractivity contribution in [3.63, 3.8) is 0 Å². The monoisotopic (exact) mass is 531 g/mol. The highest BCUT2D eigenvalue weighted by molar-refractivity contribution is 6.37. The summed E-state index contributed by atoms with van der Waals surface area (Å²) < 4.78 is 29.8. The van der Waals surface area contributed by atoms with Gasteiger partial charge in [-0.05, 0) is 61.9 Å². The number of para-hydroxylation sites is 1. The predicted octanol–water partition coefficient (Wildman–Crippen LogP) is 6.07. The van der Waals surface area contributed by atoms with E-state index in [1.807, 2.05) is 0 Å². The van der Waals surface area contributed by atoms with Crippen molar-refractivity contribution >= 4 is 28.9 Å². The molecule has 2 aliphatic rings. The zero-order valence-corrected chi connectivity index (χ0v) is 21.0. The second-order valence-electron chi connectivity index (χ2n) is 9.31. The second kappa shape index (κ2) is 10.7. The van der Waals surface area contributed by atoms with Crippen LogP contribution < -0.4 is 5.56 Å². The van der Waals surface area contributed by atoms with Gasteiger partial charge in [0.1, 0.15) is 23.5 Å². The van der Waals surface area contributed by atoms with Crippen LogP contribution in [0.1, 0.15) is 36.8 Å². The SMILES string of the molecule is O=c1ccc(/C(=N/OC2CCN(CC3CC3)CC2)c2ccc(F)cc2F)cn1-c1c(Cl)cccc1Cl. The first-order chi connectivity index (χ1) is 17.4. The van der Waals surface area contributed by atoms with Gasteiger partial charge in [-0.15, -0.1) is 0 Å². The van der Waals surface area contributed by atoms with Gasteiger partial charge in [0, 0.05) is 49.1 Å². The Morgan fingerprint density at radius 1 is 1.00 bits per heavy atom. The van der Waals surface area contributed by atoms with Crippen molar-refractivity contribution in [2.24, 2.45) is 11.1 Å². The fraction of sp³-hybridized carbons (Fsp3) is 0.333. The maximum Gasteiger partial charge on any atom is 0.255 e. The molecule has 2 aromatic carbocycles. The maximum atomic E-state index is 14.9. The summed E-state index contributed by atoms with van der Waals surface area (Å²) in [6, 6.07) is 11.0. The number of oxime groups is 1. The van der Waals surface area contributed by atoms with Crippen molar-refractivity contribution in [2.75, 3.05) is 19.6 Å². The van der Waals surface area contributed by atoms with Crippen molar-refractivity contribution in [2.45, 2.75) is 31.8 Å². The maximum absolute atomic E-state index is 14.9. The molecule has 1 aromatic heterocycles. The first kappa shape index (κ1) is 24.9. The molecule has 0 N–H and O–H groups in total. The highest BCUT2D eigenvalue weighted by Gasteiger charge is 2.28. The van der Waals surface area contributed by atoms with E-state index >= 15 is 0 Å². The van der Waals surface area contributed by atoms with Crippen LogP contribution in [0, 0.1) is 17.6 Å². The van der Waals surface area contributed by atoms with Crippen molar-refractivity contribution < 1.29 is 13.6 Å². The molecule has 5 rings (SSSR count). The predicted molar refractivity (Wildman–Crippen MR) is 137 cm³/mol. The highest BCUT2D eigenvalue weighted by Crippen LogP contribution is 2.31. The molecule has 9 heteroatoms. The van der Waals surface area contributed by atoms with E-state index in [-0.39, 0.29) is 33.0 Å². The van der Waals surface area contributed by atoms with Crippen molar-refractivity contribution in [3.8, 4) is 5.69 Å². The van der Waals surface area contributed by atoms with E-state index in [1.54, 1.807) is 18.2 Å². The van der Waals surface area contributed by atoms with Gasteiger partial charge in [-0.25, -0.2) is 8.78 Å². The molecule has 36 heavy (non-hydrogen) atoms. The standard InChI is InChI=1S/C27H25Cl2F2N3O2/c28-22-2-1-3-23(29)27(22)34-16-18(6-9-25(34)35)26(21-8-7-19(30)14-24(21)31)32-36-20-10-12-33(13-11-20)15-17-4-5-17/h1-3,6-9,14,16-17,20H,4-5,10-13,15H2/b32-26-. The van der Waals surface area contributed by atoms with E-state index in [0.29, 0.717) is 11.3 Å². The summed E-state index contributed by atoms with van der Waals surface area (Å²) in [5.74, 6) is -0.659. The Bertz CT molecular complexity index is 1330. The third-order valence-corrected chi connectivity index (χ3v) is 7.20. The molecule has 1 saturated heterocycles. The largest absolute Gasteiger partial charge is 0.392 e. The van der Waals surface area contributed by atoms with Crippen LogP contribution in [0.2, 0.25) is 10.0 Å². The minimum Gasteiger partial charge on any atom is -0.392 e. The summed E-state index contributed by atoms with van der Waals surface area (Å²) in [5.41, 5.74) is 0.511. The molecular formula is C27H25Cl2F2N3O2. The lowest BCUT2D eigenvalue weighted by atomic mass is 10.0. The van der Waals surface area contributed by atoms with E-state index in [1.165, 1.54) is 41.8 Å². The Morgan fingerprint density at radius 3 is 2.39 bits per heavy atom. The molecule has 1 aliphatic carbocycles. The van der Waals surface area contributed by atoms with Crippen LogP contribution in [0.25, 0.3) is 5.69 Å². The van der Waals surface area contributed by atoms with Gasteiger partial charge in [0.25, 0.3) is 5.56 Å². The molecule has 2 heterocycles. The van der Waals surface area contributed by atoms with Gasteiger partial charge >= 0.3 is 0 Å². The van der Waals surface area contributed by atoms with E-state index in [9.17, 15) is 13.6 Å². The molecule has 188 valence electrons. The topological polar surface area (TPSA) is 46.8 Å². The van der Waals surface area contributed by atoms with E-state index in [2.05, 4.69) is 10.1 Å². The fourth-order valence-electron chi connectivity index (χ4n) is 4.45. The highest BCUT2D eigenvalue weighted by atomic mass is 35.5. The Kier molecular flexibility index (Phi) is 7.42. The van der Waals surface area contributed by atoms with Crippen molar-refractivity contribution in [1.82, 2.24) is 9.47 Å². The van der Waals surface area contributed by atoms with Gasteiger partial charge in [0.05, 0.1) is 15.7 Å². The Morgan fingerprint density at radius 2 is 1.72 bits per heavy atom. The fourth-order valence-corrected chi connectivity index (χ4v) is 5.03. The number of aromatic nitrogens is 1. The Balaban J connectivity index is 1.48. The molecule has 5 nitrogen and oxygen atoms in total. The van der Waals surface area contributed by atoms with Crippen LogP contribution in [-0.4, -0.2) is 40.9 Å².